The van der Waals surface area contributed by atoms with Crippen LogP contribution in [-0.4, -0.2) is 50.7 Å². The molecule has 36 heavy (non-hydrogen) atoms. The minimum Gasteiger partial charge on any atom is -0.369 e. The monoisotopic (exact) mass is 496 g/mol. The van der Waals surface area contributed by atoms with Crippen LogP contribution in [0.3, 0.4) is 0 Å². The third kappa shape index (κ3) is 4.73. The number of aromatic nitrogens is 4. The van der Waals surface area contributed by atoms with E-state index in [0.29, 0.717) is 28.4 Å². The fraction of sp³-hybridized carbons (Fsp3) is 0.346. The second kappa shape index (κ2) is 9.42. The van der Waals surface area contributed by atoms with Crippen molar-refractivity contribution < 1.29 is 13.2 Å². The van der Waals surface area contributed by atoms with Crippen LogP contribution in [0.25, 0.3) is 5.78 Å². The van der Waals surface area contributed by atoms with Gasteiger partial charge in [0, 0.05) is 43.9 Å². The van der Waals surface area contributed by atoms with Crippen molar-refractivity contribution in [3.05, 3.63) is 93.2 Å². The summed E-state index contributed by atoms with van der Waals surface area (Å²) in [7, 11) is 0. The lowest BCUT2D eigenvalue weighted by Gasteiger charge is -2.38. The fourth-order valence-corrected chi connectivity index (χ4v) is 4.66. The Labute approximate surface area is 206 Å². The number of fused-ring (bicyclic) bond motifs is 1. The fourth-order valence-electron chi connectivity index (χ4n) is 4.66. The van der Waals surface area contributed by atoms with Crippen LogP contribution in [-0.2, 0) is 12.6 Å². The third-order valence-electron chi connectivity index (χ3n) is 6.85. The van der Waals surface area contributed by atoms with Crippen molar-refractivity contribution in [2.45, 2.75) is 32.5 Å². The maximum Gasteiger partial charge on any atom is 0.416 e. The Morgan fingerprint density at radius 3 is 2.28 bits per heavy atom. The number of nitrogens with zero attached hydrogens (tertiary/aromatic N) is 5. The molecule has 3 heterocycles. The number of benzene rings is 2. The average Bonchev–Trinajstić information content (AvgIpc) is 3.31. The lowest BCUT2D eigenvalue weighted by atomic mass is 10.0. The topological polar surface area (TPSA) is 69.5 Å². The highest BCUT2D eigenvalue weighted by Gasteiger charge is 2.30. The number of rotatable bonds is 5. The lowest BCUT2D eigenvalue weighted by Crippen LogP contribution is -2.47. The molecule has 4 aromatic rings. The first-order valence-electron chi connectivity index (χ1n) is 11.9. The standard InChI is InChI=1S/C26H27F3N6O/c1-17-22(16-19-8-10-20(11-9-19)26(27,28)29)24(36)35-25(30-17)31-23(32-35)18(2)33-12-14-34(15-13-33)21-6-4-3-5-7-21/h3-11,18H,12-16H2,1-2H3,(H,30,31,32). The van der Waals surface area contributed by atoms with E-state index in [2.05, 4.69) is 43.9 Å². The molecule has 7 nitrogen and oxygen atoms in total. The minimum atomic E-state index is -4.40. The summed E-state index contributed by atoms with van der Waals surface area (Å²) in [6, 6.07) is 15.1. The summed E-state index contributed by atoms with van der Waals surface area (Å²) < 4.78 is 39.9. The van der Waals surface area contributed by atoms with Crippen molar-refractivity contribution in [3.8, 4) is 0 Å². The van der Waals surface area contributed by atoms with Gasteiger partial charge in [0.05, 0.1) is 17.3 Å². The van der Waals surface area contributed by atoms with E-state index in [1.807, 2.05) is 18.2 Å². The van der Waals surface area contributed by atoms with Crippen LogP contribution in [0.2, 0.25) is 0 Å². The summed E-state index contributed by atoms with van der Waals surface area (Å²) >= 11 is 0. The van der Waals surface area contributed by atoms with Gasteiger partial charge in [0.2, 0.25) is 0 Å². The van der Waals surface area contributed by atoms with E-state index in [1.165, 1.54) is 22.3 Å². The molecule has 10 heteroatoms. The zero-order chi connectivity index (χ0) is 25.4. The maximum atomic E-state index is 13.2. The lowest BCUT2D eigenvalue weighted by molar-refractivity contribution is -0.137. The molecule has 1 aliphatic rings. The van der Waals surface area contributed by atoms with Gasteiger partial charge < -0.3 is 4.90 Å². The molecule has 0 amide bonds. The molecule has 1 saturated heterocycles. The van der Waals surface area contributed by atoms with Gasteiger partial charge in [-0.2, -0.15) is 22.7 Å². The molecular formula is C26H27F3N6O. The first-order chi connectivity index (χ1) is 17.2. The van der Waals surface area contributed by atoms with Crippen molar-refractivity contribution in [1.82, 2.24) is 24.5 Å². The Morgan fingerprint density at radius 2 is 1.64 bits per heavy atom. The van der Waals surface area contributed by atoms with Crippen LogP contribution in [0.15, 0.2) is 59.4 Å². The SMILES string of the molecule is Cc1nc2nc(C(C)N3CCN(c4ccccc4)CC3)[nH]n2c(=O)c1Cc1ccc(C(F)(F)F)cc1. The van der Waals surface area contributed by atoms with Crippen LogP contribution in [0.5, 0.6) is 0 Å². The summed E-state index contributed by atoms with van der Waals surface area (Å²) in [6.45, 7) is 7.27. The van der Waals surface area contributed by atoms with Crippen molar-refractivity contribution in [2.24, 2.45) is 0 Å². The Morgan fingerprint density at radius 1 is 0.972 bits per heavy atom. The average molecular weight is 497 g/mol. The van der Waals surface area contributed by atoms with E-state index in [9.17, 15) is 18.0 Å². The number of hydrogen-bond donors (Lipinski definition) is 1. The number of piperazine rings is 1. The molecule has 1 aliphatic heterocycles. The molecule has 0 radical (unpaired) electrons. The quantitative estimate of drug-likeness (QED) is 0.448. The Hall–Kier alpha value is -3.66. The number of halogens is 3. The van der Waals surface area contributed by atoms with E-state index in [1.54, 1.807) is 6.92 Å². The summed E-state index contributed by atoms with van der Waals surface area (Å²) in [5.74, 6) is 0.942. The molecule has 2 aromatic carbocycles. The number of para-hydroxylation sites is 1. The zero-order valence-electron chi connectivity index (χ0n) is 20.1. The molecule has 5 rings (SSSR count). The summed E-state index contributed by atoms with van der Waals surface area (Å²) in [4.78, 5) is 27.0. The highest BCUT2D eigenvalue weighted by Crippen LogP contribution is 2.29. The Balaban J connectivity index is 1.34. The molecule has 0 bridgehead atoms. The van der Waals surface area contributed by atoms with Gasteiger partial charge >= 0.3 is 6.18 Å². The van der Waals surface area contributed by atoms with E-state index in [-0.39, 0.29) is 18.0 Å². The largest absolute Gasteiger partial charge is 0.416 e. The molecule has 0 spiro atoms. The van der Waals surface area contributed by atoms with Crippen molar-refractivity contribution in [1.29, 1.82) is 0 Å². The van der Waals surface area contributed by atoms with Crippen LogP contribution in [0.4, 0.5) is 18.9 Å². The third-order valence-corrected chi connectivity index (χ3v) is 6.85. The first-order valence-corrected chi connectivity index (χ1v) is 11.9. The van der Waals surface area contributed by atoms with Crippen molar-refractivity contribution >= 4 is 11.5 Å². The van der Waals surface area contributed by atoms with E-state index in [0.717, 1.165) is 38.3 Å². The highest BCUT2D eigenvalue weighted by atomic mass is 19.4. The molecule has 1 atom stereocenters. The van der Waals surface area contributed by atoms with Gasteiger partial charge in [-0.05, 0) is 43.7 Å². The van der Waals surface area contributed by atoms with Crippen LogP contribution in [0, 0.1) is 6.92 Å². The van der Waals surface area contributed by atoms with Crippen LogP contribution >= 0.6 is 0 Å². The highest BCUT2D eigenvalue weighted by molar-refractivity contribution is 5.46. The zero-order valence-corrected chi connectivity index (χ0v) is 20.1. The van der Waals surface area contributed by atoms with Crippen LogP contribution in [0.1, 0.15) is 41.2 Å². The van der Waals surface area contributed by atoms with E-state index in [4.69, 9.17) is 0 Å². The second-order valence-corrected chi connectivity index (χ2v) is 9.13. The first kappa shape index (κ1) is 24.1. The van der Waals surface area contributed by atoms with Gasteiger partial charge in [-0.1, -0.05) is 30.3 Å². The smallest absolute Gasteiger partial charge is 0.369 e. The molecule has 2 aromatic heterocycles. The number of H-pyrrole nitrogens is 1. The van der Waals surface area contributed by atoms with Gasteiger partial charge in [0.15, 0.2) is 0 Å². The Kier molecular flexibility index (Phi) is 6.29. The van der Waals surface area contributed by atoms with Gasteiger partial charge in [-0.25, -0.2) is 4.98 Å². The van der Waals surface area contributed by atoms with E-state index >= 15 is 0 Å². The van der Waals surface area contributed by atoms with Crippen molar-refractivity contribution in [3.63, 3.8) is 0 Å². The van der Waals surface area contributed by atoms with Gasteiger partial charge in [-0.3, -0.25) is 14.8 Å². The number of hydrogen-bond acceptors (Lipinski definition) is 5. The van der Waals surface area contributed by atoms with Gasteiger partial charge in [-0.15, -0.1) is 0 Å². The maximum absolute atomic E-state index is 13.2. The Bertz CT molecular complexity index is 1400. The number of aromatic amines is 1. The molecular weight excluding hydrogens is 469 g/mol. The predicted molar refractivity (Wildman–Crippen MR) is 131 cm³/mol. The molecule has 1 fully saturated rings. The number of alkyl halides is 3. The van der Waals surface area contributed by atoms with Gasteiger partial charge in [0.25, 0.3) is 11.3 Å². The summed E-state index contributed by atoms with van der Waals surface area (Å²) in [5.41, 5.74) is 1.74. The number of anilines is 1. The summed E-state index contributed by atoms with van der Waals surface area (Å²) in [6.07, 6.45) is -4.21. The predicted octanol–water partition coefficient (Wildman–Crippen LogP) is 4.22. The van der Waals surface area contributed by atoms with Gasteiger partial charge in [0.1, 0.15) is 5.82 Å². The van der Waals surface area contributed by atoms with Crippen LogP contribution < -0.4 is 10.5 Å². The van der Waals surface area contributed by atoms with Crippen molar-refractivity contribution in [2.75, 3.05) is 31.1 Å². The molecule has 0 saturated carbocycles. The molecule has 188 valence electrons. The number of aryl methyl sites for hydroxylation is 1. The summed E-state index contributed by atoms with van der Waals surface area (Å²) in [5, 5.41) is 3.11. The number of nitrogens with one attached hydrogen (secondary N) is 1. The molecule has 1 N–H and O–H groups in total. The molecule has 0 aliphatic carbocycles. The minimum absolute atomic E-state index is 0.0392. The second-order valence-electron chi connectivity index (χ2n) is 9.13. The molecule has 1 unspecified atom stereocenters. The normalized spacial score (nSPS) is 16.0. The van der Waals surface area contributed by atoms with E-state index < -0.39 is 11.7 Å².